The molecular weight excluding hydrogens is 384 g/mol. The van der Waals surface area contributed by atoms with Crippen molar-refractivity contribution in [2.45, 2.75) is 4.90 Å². The zero-order valence-electron chi connectivity index (χ0n) is 14.1. The Balaban J connectivity index is 1.46. The van der Waals surface area contributed by atoms with E-state index in [-0.39, 0.29) is 11.7 Å². The van der Waals surface area contributed by atoms with Crippen molar-refractivity contribution < 1.29 is 9.59 Å². The number of hydrazine groups is 1. The number of thioether (sulfide) groups is 1. The summed E-state index contributed by atoms with van der Waals surface area (Å²) in [4.78, 5) is 33.2. The normalized spacial score (nSPS) is 10.9. The van der Waals surface area contributed by atoms with Gasteiger partial charge in [0.2, 0.25) is 5.91 Å². The number of rotatable bonds is 5. The van der Waals surface area contributed by atoms with E-state index in [0.29, 0.717) is 10.7 Å². The van der Waals surface area contributed by atoms with Gasteiger partial charge in [-0.1, -0.05) is 23.7 Å². The van der Waals surface area contributed by atoms with E-state index in [4.69, 9.17) is 11.6 Å². The number of nitrogens with zero attached hydrogens (tertiary/aromatic N) is 2. The zero-order valence-corrected chi connectivity index (χ0v) is 15.6. The molecule has 3 aromatic rings. The highest BCUT2D eigenvalue weighted by Crippen LogP contribution is 2.19. The number of benzene rings is 2. The van der Waals surface area contributed by atoms with Crippen LogP contribution in [-0.4, -0.2) is 27.5 Å². The van der Waals surface area contributed by atoms with Gasteiger partial charge in [0, 0.05) is 16.0 Å². The summed E-state index contributed by atoms with van der Waals surface area (Å²) in [6.07, 6.45) is 4.39. The van der Waals surface area contributed by atoms with Crippen molar-refractivity contribution in [3.63, 3.8) is 0 Å². The van der Waals surface area contributed by atoms with Crippen molar-refractivity contribution in [1.29, 1.82) is 0 Å². The van der Waals surface area contributed by atoms with E-state index in [9.17, 15) is 9.59 Å². The summed E-state index contributed by atoms with van der Waals surface area (Å²) in [5.74, 6) is -0.612. The number of halogens is 1. The van der Waals surface area contributed by atoms with Gasteiger partial charge in [-0.2, -0.15) is 0 Å². The molecule has 2 aromatic carbocycles. The molecule has 3 rings (SSSR count). The Bertz CT molecular complexity index is 992. The van der Waals surface area contributed by atoms with E-state index in [0.717, 1.165) is 15.9 Å². The number of fused-ring (bicyclic) bond motifs is 1. The van der Waals surface area contributed by atoms with Gasteiger partial charge in [-0.15, -0.1) is 11.8 Å². The molecule has 0 saturated carbocycles. The van der Waals surface area contributed by atoms with Crippen LogP contribution in [0.1, 0.15) is 5.69 Å². The molecule has 0 aliphatic heterocycles. The lowest BCUT2D eigenvalue weighted by molar-refractivity contribution is -0.125. The van der Waals surface area contributed by atoms with Crippen LogP contribution in [0.2, 0.25) is 5.02 Å². The molecule has 0 spiro atoms. The fraction of sp³-hybridized carbons (Fsp3) is 0.0526. The molecule has 6 nitrogen and oxygen atoms in total. The second kappa shape index (κ2) is 9.16. The first kappa shape index (κ1) is 18.9. The van der Waals surface area contributed by atoms with Crippen molar-refractivity contribution in [1.82, 2.24) is 20.8 Å². The molecule has 0 aliphatic rings. The van der Waals surface area contributed by atoms with E-state index in [1.807, 2.05) is 36.4 Å². The van der Waals surface area contributed by atoms with Crippen molar-refractivity contribution in [2.75, 3.05) is 5.75 Å². The predicted octanol–water partition coefficient (Wildman–Crippen LogP) is 3.24. The van der Waals surface area contributed by atoms with Crippen LogP contribution in [-0.2, 0) is 9.59 Å². The first-order chi connectivity index (χ1) is 13.1. The lowest BCUT2D eigenvalue weighted by Gasteiger charge is -2.05. The molecule has 0 aliphatic carbocycles. The van der Waals surface area contributed by atoms with Gasteiger partial charge in [0.1, 0.15) is 0 Å². The summed E-state index contributed by atoms with van der Waals surface area (Å²) >= 11 is 7.15. The minimum absolute atomic E-state index is 0.168. The molecule has 1 heterocycles. The third-order valence-corrected chi connectivity index (χ3v) is 4.65. The van der Waals surface area contributed by atoms with Gasteiger partial charge >= 0.3 is 0 Å². The maximum absolute atomic E-state index is 11.8. The molecule has 136 valence electrons. The second-order valence-electron chi connectivity index (χ2n) is 5.40. The van der Waals surface area contributed by atoms with Gasteiger partial charge in [0.25, 0.3) is 5.91 Å². The molecule has 27 heavy (non-hydrogen) atoms. The summed E-state index contributed by atoms with van der Waals surface area (Å²) in [5.41, 5.74) is 6.76. The fourth-order valence-corrected chi connectivity index (χ4v) is 2.93. The Morgan fingerprint density at radius 1 is 1.04 bits per heavy atom. The zero-order chi connectivity index (χ0) is 19.1. The summed E-state index contributed by atoms with van der Waals surface area (Å²) in [6, 6.07) is 14.6. The number of hydrogen-bond acceptors (Lipinski definition) is 5. The van der Waals surface area contributed by atoms with Crippen molar-refractivity contribution >= 4 is 52.3 Å². The Kier molecular flexibility index (Phi) is 6.40. The van der Waals surface area contributed by atoms with Crippen molar-refractivity contribution in [2.24, 2.45) is 0 Å². The molecule has 1 aromatic heterocycles. The van der Waals surface area contributed by atoms with E-state index in [1.165, 1.54) is 23.9 Å². The van der Waals surface area contributed by atoms with E-state index >= 15 is 0 Å². The summed E-state index contributed by atoms with van der Waals surface area (Å²) < 4.78 is 0. The first-order valence-electron chi connectivity index (χ1n) is 7.97. The van der Waals surface area contributed by atoms with Crippen molar-refractivity contribution in [3.8, 4) is 0 Å². The number of carbonyl (C=O) groups excluding carboxylic acids is 2. The van der Waals surface area contributed by atoms with E-state index in [2.05, 4.69) is 20.8 Å². The van der Waals surface area contributed by atoms with E-state index < -0.39 is 5.91 Å². The Hall–Kier alpha value is -2.90. The summed E-state index contributed by atoms with van der Waals surface area (Å²) in [7, 11) is 0. The molecule has 2 amide bonds. The van der Waals surface area contributed by atoms with Gasteiger partial charge in [-0.25, -0.2) is 4.98 Å². The number of amides is 2. The Labute approximate surface area is 165 Å². The van der Waals surface area contributed by atoms with Crippen LogP contribution in [0.4, 0.5) is 0 Å². The molecule has 0 radical (unpaired) electrons. The first-order valence-corrected chi connectivity index (χ1v) is 9.33. The van der Waals surface area contributed by atoms with Gasteiger partial charge in [-0.3, -0.25) is 25.4 Å². The minimum Gasteiger partial charge on any atom is -0.272 e. The number of carbonyl (C=O) groups is 2. The lowest BCUT2D eigenvalue weighted by atomic mass is 10.3. The maximum atomic E-state index is 11.8. The molecular formula is C19H15ClN4O2S. The van der Waals surface area contributed by atoms with Crippen LogP contribution in [0.25, 0.3) is 17.1 Å². The largest absolute Gasteiger partial charge is 0.272 e. The SMILES string of the molecule is O=C(/C=C/c1cnc2ccccc2n1)NNC(=O)CSc1ccc(Cl)cc1. The molecule has 8 heteroatoms. The van der Waals surface area contributed by atoms with Gasteiger partial charge in [0.05, 0.1) is 28.7 Å². The highest BCUT2D eigenvalue weighted by molar-refractivity contribution is 8.00. The van der Waals surface area contributed by atoms with E-state index in [1.54, 1.807) is 18.3 Å². The molecule has 0 bridgehead atoms. The van der Waals surface area contributed by atoms with Crippen LogP contribution < -0.4 is 10.9 Å². The average molecular weight is 399 g/mol. The Morgan fingerprint density at radius 3 is 2.56 bits per heavy atom. The maximum Gasteiger partial charge on any atom is 0.262 e. The lowest BCUT2D eigenvalue weighted by Crippen LogP contribution is -2.41. The molecule has 0 saturated heterocycles. The van der Waals surface area contributed by atoms with Crippen LogP contribution in [0, 0.1) is 0 Å². The van der Waals surface area contributed by atoms with Crippen LogP contribution >= 0.6 is 23.4 Å². The summed E-state index contributed by atoms with van der Waals surface area (Å²) in [5, 5.41) is 0.638. The molecule has 0 atom stereocenters. The fourth-order valence-electron chi connectivity index (χ4n) is 2.10. The van der Waals surface area contributed by atoms with Crippen molar-refractivity contribution in [3.05, 3.63) is 71.5 Å². The Morgan fingerprint density at radius 2 is 1.78 bits per heavy atom. The quantitative estimate of drug-likeness (QED) is 0.391. The number of nitrogens with one attached hydrogen (secondary N) is 2. The molecule has 0 fully saturated rings. The third-order valence-electron chi connectivity index (χ3n) is 3.38. The highest BCUT2D eigenvalue weighted by atomic mass is 35.5. The van der Waals surface area contributed by atoms with Gasteiger partial charge in [0.15, 0.2) is 0 Å². The molecule has 2 N–H and O–H groups in total. The number of aromatic nitrogens is 2. The smallest absolute Gasteiger partial charge is 0.262 e. The van der Waals surface area contributed by atoms with Crippen LogP contribution in [0.15, 0.2) is 65.7 Å². The second-order valence-corrected chi connectivity index (χ2v) is 6.88. The monoisotopic (exact) mass is 398 g/mol. The van der Waals surface area contributed by atoms with Gasteiger partial charge in [-0.05, 0) is 42.5 Å². The molecule has 0 unspecified atom stereocenters. The van der Waals surface area contributed by atoms with Crippen LogP contribution in [0.3, 0.4) is 0 Å². The standard InChI is InChI=1S/C19H15ClN4O2S/c20-13-5-8-15(9-6-13)27-12-19(26)24-23-18(25)10-7-14-11-21-16-3-1-2-4-17(16)22-14/h1-11H,12H2,(H,23,25)(H,24,26)/b10-7+. The minimum atomic E-state index is -0.463. The predicted molar refractivity (Wildman–Crippen MR) is 107 cm³/mol. The van der Waals surface area contributed by atoms with Gasteiger partial charge < -0.3 is 0 Å². The highest BCUT2D eigenvalue weighted by Gasteiger charge is 2.04. The summed E-state index contributed by atoms with van der Waals surface area (Å²) in [6.45, 7) is 0. The van der Waals surface area contributed by atoms with Crippen LogP contribution in [0.5, 0.6) is 0 Å². The third kappa shape index (κ3) is 5.80. The average Bonchev–Trinajstić information content (AvgIpc) is 2.70. The number of para-hydroxylation sites is 2. The number of hydrogen-bond donors (Lipinski definition) is 2. The topological polar surface area (TPSA) is 84.0 Å².